The molecule has 2 aromatic carbocycles. The minimum absolute atomic E-state index is 0.655. The number of para-hydroxylation sites is 1. The van der Waals surface area contributed by atoms with E-state index < -0.39 is 0 Å². The molecule has 0 amide bonds. The van der Waals surface area contributed by atoms with Gasteiger partial charge in [0.1, 0.15) is 29.0 Å². The molecule has 0 aliphatic heterocycles. The van der Waals surface area contributed by atoms with Crippen LogP contribution in [0.3, 0.4) is 0 Å². The van der Waals surface area contributed by atoms with Crippen LogP contribution in [0, 0.1) is 6.92 Å². The van der Waals surface area contributed by atoms with Gasteiger partial charge in [0, 0.05) is 18.3 Å². The van der Waals surface area contributed by atoms with Gasteiger partial charge in [-0.15, -0.1) is 0 Å². The Morgan fingerprint density at radius 1 is 0.964 bits per heavy atom. The first kappa shape index (κ1) is 19.5. The molecule has 0 spiro atoms. The monoisotopic (exact) mass is 378 g/mol. The fourth-order valence-electron chi connectivity index (χ4n) is 2.91. The summed E-state index contributed by atoms with van der Waals surface area (Å²) in [7, 11) is 1.69. The number of anilines is 3. The molecule has 6 nitrogen and oxygen atoms in total. The van der Waals surface area contributed by atoms with Crippen LogP contribution in [-0.4, -0.2) is 30.2 Å². The van der Waals surface area contributed by atoms with E-state index in [9.17, 15) is 0 Å². The maximum atomic E-state index is 5.47. The van der Waals surface area contributed by atoms with E-state index in [1.807, 2.05) is 62.4 Å². The van der Waals surface area contributed by atoms with E-state index in [2.05, 4.69) is 26.7 Å². The Kier molecular flexibility index (Phi) is 6.68. The average molecular weight is 378 g/mol. The first-order chi connectivity index (χ1) is 13.7. The fourth-order valence-corrected chi connectivity index (χ4v) is 2.91. The molecule has 0 aliphatic rings. The molecule has 0 fully saturated rings. The Balaban J connectivity index is 1.62. The predicted octanol–water partition coefficient (Wildman–Crippen LogP) is 4.59. The minimum atomic E-state index is 0.655. The second-order valence-electron chi connectivity index (χ2n) is 6.26. The van der Waals surface area contributed by atoms with Crippen LogP contribution in [0.2, 0.25) is 0 Å². The van der Waals surface area contributed by atoms with Crippen molar-refractivity contribution in [2.45, 2.75) is 20.3 Å². The molecular formula is C22H26N4O2. The first-order valence-corrected chi connectivity index (χ1v) is 9.39. The fraction of sp³-hybridized carbons (Fsp3) is 0.273. The van der Waals surface area contributed by atoms with Crippen LogP contribution in [0.25, 0.3) is 0 Å². The van der Waals surface area contributed by atoms with E-state index in [1.54, 1.807) is 7.11 Å². The molecule has 3 aromatic rings. The van der Waals surface area contributed by atoms with Crippen molar-refractivity contribution in [1.82, 2.24) is 9.97 Å². The average Bonchev–Trinajstić information content (AvgIpc) is 2.70. The summed E-state index contributed by atoms with van der Waals surface area (Å²) in [5, 5.41) is 6.68. The second-order valence-corrected chi connectivity index (χ2v) is 6.26. The predicted molar refractivity (Wildman–Crippen MR) is 113 cm³/mol. The lowest BCUT2D eigenvalue weighted by atomic mass is 10.1. The maximum absolute atomic E-state index is 5.47. The Labute approximate surface area is 166 Å². The SMILES string of the molecule is CCOc1ccc(Nc2cc(NCCc3ccccc3OC)nc(C)n2)cc1. The van der Waals surface area contributed by atoms with Crippen LogP contribution in [0.5, 0.6) is 11.5 Å². The third-order valence-corrected chi connectivity index (χ3v) is 4.17. The molecule has 146 valence electrons. The van der Waals surface area contributed by atoms with Crippen molar-refractivity contribution in [2.75, 3.05) is 30.9 Å². The van der Waals surface area contributed by atoms with E-state index in [-0.39, 0.29) is 0 Å². The lowest BCUT2D eigenvalue weighted by Gasteiger charge is -2.12. The Bertz CT molecular complexity index is 897. The van der Waals surface area contributed by atoms with Crippen molar-refractivity contribution in [1.29, 1.82) is 0 Å². The highest BCUT2D eigenvalue weighted by atomic mass is 16.5. The van der Waals surface area contributed by atoms with Gasteiger partial charge in [-0.3, -0.25) is 0 Å². The van der Waals surface area contributed by atoms with E-state index in [4.69, 9.17) is 9.47 Å². The van der Waals surface area contributed by atoms with E-state index >= 15 is 0 Å². The zero-order valence-electron chi connectivity index (χ0n) is 16.5. The molecule has 0 saturated carbocycles. The molecule has 0 unspecified atom stereocenters. The van der Waals surface area contributed by atoms with Crippen molar-refractivity contribution in [2.24, 2.45) is 0 Å². The number of aromatic nitrogens is 2. The first-order valence-electron chi connectivity index (χ1n) is 9.39. The zero-order chi connectivity index (χ0) is 19.8. The molecule has 0 saturated heterocycles. The number of rotatable bonds is 9. The summed E-state index contributed by atoms with van der Waals surface area (Å²) >= 11 is 0. The lowest BCUT2D eigenvalue weighted by molar-refractivity contribution is 0.340. The summed E-state index contributed by atoms with van der Waals surface area (Å²) in [5.41, 5.74) is 2.11. The quantitative estimate of drug-likeness (QED) is 0.568. The summed E-state index contributed by atoms with van der Waals surface area (Å²) in [4.78, 5) is 8.94. The standard InChI is InChI=1S/C22H26N4O2/c1-4-28-19-11-9-18(10-12-19)26-22-15-21(24-16(2)25-22)23-14-13-17-7-5-6-8-20(17)27-3/h5-12,15H,4,13-14H2,1-3H3,(H2,23,24,25,26). The van der Waals surface area contributed by atoms with Crippen LogP contribution in [0.4, 0.5) is 17.3 Å². The van der Waals surface area contributed by atoms with Crippen LogP contribution in [-0.2, 0) is 6.42 Å². The third-order valence-electron chi connectivity index (χ3n) is 4.17. The number of nitrogens with one attached hydrogen (secondary N) is 2. The largest absolute Gasteiger partial charge is 0.496 e. The molecule has 0 radical (unpaired) electrons. The molecule has 0 atom stereocenters. The Morgan fingerprint density at radius 2 is 1.71 bits per heavy atom. The van der Waals surface area contributed by atoms with Crippen LogP contribution in [0.15, 0.2) is 54.6 Å². The van der Waals surface area contributed by atoms with Gasteiger partial charge in [0.25, 0.3) is 0 Å². The smallest absolute Gasteiger partial charge is 0.136 e. The molecule has 6 heteroatoms. The summed E-state index contributed by atoms with van der Waals surface area (Å²) in [6.45, 7) is 5.26. The van der Waals surface area contributed by atoms with Gasteiger partial charge >= 0.3 is 0 Å². The van der Waals surface area contributed by atoms with Crippen LogP contribution in [0.1, 0.15) is 18.3 Å². The van der Waals surface area contributed by atoms with Gasteiger partial charge < -0.3 is 20.1 Å². The highest BCUT2D eigenvalue weighted by Gasteiger charge is 2.05. The van der Waals surface area contributed by atoms with Gasteiger partial charge in [-0.25, -0.2) is 9.97 Å². The highest BCUT2D eigenvalue weighted by molar-refractivity contribution is 5.60. The normalized spacial score (nSPS) is 10.4. The lowest BCUT2D eigenvalue weighted by Crippen LogP contribution is -2.09. The van der Waals surface area contributed by atoms with Gasteiger partial charge in [0.15, 0.2) is 0 Å². The molecule has 28 heavy (non-hydrogen) atoms. The number of methoxy groups -OCH3 is 1. The second kappa shape index (κ2) is 9.60. The summed E-state index contributed by atoms with van der Waals surface area (Å²) in [6.07, 6.45) is 0.842. The van der Waals surface area contributed by atoms with E-state index in [1.165, 1.54) is 0 Å². The molecular weight excluding hydrogens is 352 g/mol. The topological polar surface area (TPSA) is 68.3 Å². The van der Waals surface area contributed by atoms with Crippen molar-refractivity contribution < 1.29 is 9.47 Å². The highest BCUT2D eigenvalue weighted by Crippen LogP contribution is 2.21. The molecule has 2 N–H and O–H groups in total. The Hall–Kier alpha value is -3.28. The number of hydrogen-bond donors (Lipinski definition) is 2. The molecule has 0 aliphatic carbocycles. The molecule has 0 bridgehead atoms. The minimum Gasteiger partial charge on any atom is -0.496 e. The van der Waals surface area contributed by atoms with Crippen LogP contribution >= 0.6 is 0 Å². The molecule has 1 aromatic heterocycles. The van der Waals surface area contributed by atoms with Crippen molar-refractivity contribution in [3.05, 3.63) is 66.0 Å². The number of aryl methyl sites for hydroxylation is 1. The summed E-state index contributed by atoms with van der Waals surface area (Å²) in [6, 6.07) is 17.8. The number of nitrogens with zero attached hydrogens (tertiary/aromatic N) is 2. The van der Waals surface area contributed by atoms with Gasteiger partial charge in [-0.1, -0.05) is 18.2 Å². The van der Waals surface area contributed by atoms with Gasteiger partial charge in [-0.2, -0.15) is 0 Å². The van der Waals surface area contributed by atoms with Gasteiger partial charge in [0.2, 0.25) is 0 Å². The van der Waals surface area contributed by atoms with Crippen molar-refractivity contribution >= 4 is 17.3 Å². The molecule has 1 heterocycles. The van der Waals surface area contributed by atoms with Crippen molar-refractivity contribution in [3.8, 4) is 11.5 Å². The summed E-state index contributed by atoms with van der Waals surface area (Å²) < 4.78 is 10.9. The zero-order valence-corrected chi connectivity index (χ0v) is 16.5. The summed E-state index contributed by atoms with van der Waals surface area (Å²) in [5.74, 6) is 4.00. The molecule has 3 rings (SSSR count). The third kappa shape index (κ3) is 5.36. The van der Waals surface area contributed by atoms with Crippen LogP contribution < -0.4 is 20.1 Å². The van der Waals surface area contributed by atoms with Gasteiger partial charge in [-0.05, 0) is 56.2 Å². The number of hydrogen-bond acceptors (Lipinski definition) is 6. The Morgan fingerprint density at radius 3 is 2.46 bits per heavy atom. The van der Waals surface area contributed by atoms with Crippen molar-refractivity contribution in [3.63, 3.8) is 0 Å². The van der Waals surface area contributed by atoms with E-state index in [0.29, 0.717) is 12.4 Å². The maximum Gasteiger partial charge on any atom is 0.136 e. The number of ether oxygens (including phenoxy) is 2. The van der Waals surface area contributed by atoms with E-state index in [0.717, 1.165) is 47.4 Å². The van der Waals surface area contributed by atoms with Gasteiger partial charge in [0.05, 0.1) is 13.7 Å². The number of benzene rings is 2.